The van der Waals surface area contributed by atoms with Crippen molar-refractivity contribution in [2.45, 2.75) is 156 Å². The van der Waals surface area contributed by atoms with E-state index in [0.717, 1.165) is 0 Å². The van der Waals surface area contributed by atoms with Crippen molar-refractivity contribution in [3.05, 3.63) is 0 Å². The third-order valence-corrected chi connectivity index (χ3v) is 113. The van der Waals surface area contributed by atoms with Crippen LogP contribution in [-0.2, 0) is 0 Å². The number of rotatable bonds is 4. The molecule has 0 aromatic rings. The molecule has 0 aliphatic carbocycles. The smallest absolute Gasteiger partial charge is 0.0470 e. The van der Waals surface area contributed by atoms with E-state index in [2.05, 4.69) is 151 Å². The molecule has 0 heterocycles. The van der Waals surface area contributed by atoms with Crippen LogP contribution in [0.15, 0.2) is 0 Å². The third kappa shape index (κ3) is 8.78. The van der Waals surface area contributed by atoms with Gasteiger partial charge in [0.05, 0.1) is 0 Å². The molecule has 0 saturated carbocycles. The predicted octanol–water partition coefficient (Wildman–Crippen LogP) is 9.02. The third-order valence-electron chi connectivity index (χ3n) is 9.25. The SMILES string of the molecule is CC(C)(C)[Si](C)(C)[Si]([Si](=[Ge])[Si](C)(C)C(C)(C)C)[Si](C)(C)C(C)(C)C.C[Si](C)C(C)(C)C. The van der Waals surface area contributed by atoms with Gasteiger partial charge in [-0.1, -0.05) is 33.9 Å². The molecule has 0 saturated heterocycles. The summed E-state index contributed by atoms with van der Waals surface area (Å²) in [5.41, 5.74) is 0. The summed E-state index contributed by atoms with van der Waals surface area (Å²) in [6.45, 7) is 51.3. The molecule has 31 heavy (non-hydrogen) atoms. The molecule has 0 fully saturated rings. The van der Waals surface area contributed by atoms with Crippen molar-refractivity contribution in [1.29, 1.82) is 0 Å². The first-order chi connectivity index (χ1) is 13.0. The summed E-state index contributed by atoms with van der Waals surface area (Å²) in [7, 11) is -4.14. The van der Waals surface area contributed by atoms with Gasteiger partial charge < -0.3 is 0 Å². The average molecular weight is 590 g/mol. The Morgan fingerprint density at radius 3 is 0.806 bits per heavy atom. The molecule has 0 nitrogen and oxygen atoms in total. The molecule has 0 aromatic carbocycles. The average Bonchev–Trinajstić information content (AvgIpc) is 2.42. The Morgan fingerprint density at radius 2 is 0.677 bits per heavy atom. The second-order valence-corrected chi connectivity index (χ2v) is 69.1. The zero-order valence-electron chi connectivity index (χ0n) is 25.5. The van der Waals surface area contributed by atoms with Crippen LogP contribution in [-0.4, -0.2) is 60.2 Å². The molecule has 7 heteroatoms. The first kappa shape index (κ1) is 35.0. The van der Waals surface area contributed by atoms with E-state index < -0.39 is 22.8 Å². The van der Waals surface area contributed by atoms with E-state index >= 15 is 0 Å². The van der Waals surface area contributed by atoms with Gasteiger partial charge in [0.2, 0.25) is 0 Å². The second-order valence-electron chi connectivity index (χ2n) is 15.6. The summed E-state index contributed by atoms with van der Waals surface area (Å²) in [4.78, 5) is 0. The standard InChI is InChI=1S/C18H45GeSi5.C6H15Si/c1-16(2,3)22(10,11)20(19)21(23(12,13)17(4,5)6)24(14,15)18(7,8)9;1-6(2,3)7(4)5/h1-15H3;1-5H3. The minimum atomic E-state index is -1.29. The van der Waals surface area contributed by atoms with E-state index in [4.69, 9.17) is 0 Å². The van der Waals surface area contributed by atoms with Gasteiger partial charge in [0.1, 0.15) is 0 Å². The summed E-state index contributed by atoms with van der Waals surface area (Å²) in [6, 6.07) is 0. The number of hydrogen-bond donors (Lipinski definition) is 0. The summed E-state index contributed by atoms with van der Waals surface area (Å²) in [5.74, 6) is -0.276. The maximum atomic E-state index is 2.80. The Labute approximate surface area is 214 Å². The minimum Gasteiger partial charge on any atom is -0.0709 e. The summed E-state index contributed by atoms with van der Waals surface area (Å²) < 4.78 is 0. The van der Waals surface area contributed by atoms with Gasteiger partial charge in [-0.15, -0.1) is 0 Å². The van der Waals surface area contributed by atoms with E-state index in [1.807, 2.05) is 0 Å². The molecule has 0 N–H and O–H groups in total. The van der Waals surface area contributed by atoms with Gasteiger partial charge >= 0.3 is 168 Å². The van der Waals surface area contributed by atoms with E-state index in [1.54, 1.807) is 0 Å². The van der Waals surface area contributed by atoms with Gasteiger partial charge in [0.25, 0.3) is 0 Å². The van der Waals surface area contributed by atoms with Crippen LogP contribution in [0.4, 0.5) is 0 Å². The van der Waals surface area contributed by atoms with Gasteiger partial charge in [-0.05, 0) is 5.04 Å². The van der Waals surface area contributed by atoms with Crippen LogP contribution in [0.1, 0.15) is 83.1 Å². The van der Waals surface area contributed by atoms with E-state index in [0.29, 0.717) is 20.2 Å². The van der Waals surface area contributed by atoms with E-state index in [9.17, 15) is 0 Å². The summed E-state index contributed by atoms with van der Waals surface area (Å²) >= 11 is 2.80. The zero-order chi connectivity index (χ0) is 26.2. The number of hydrogen-bond acceptors (Lipinski definition) is 0. The van der Waals surface area contributed by atoms with Crippen molar-refractivity contribution >= 4 is 60.2 Å². The first-order valence-electron chi connectivity index (χ1n) is 12.2. The topological polar surface area (TPSA) is 0 Å². The summed E-state index contributed by atoms with van der Waals surface area (Å²) in [5, 5.41) is 2.21. The van der Waals surface area contributed by atoms with Crippen LogP contribution in [0.5, 0.6) is 0 Å². The van der Waals surface area contributed by atoms with Gasteiger partial charge in [0.15, 0.2) is 0 Å². The molecule has 0 aromatic heterocycles. The molecule has 0 aliphatic rings. The van der Waals surface area contributed by atoms with Gasteiger partial charge in [0, 0.05) is 8.80 Å². The van der Waals surface area contributed by atoms with Crippen molar-refractivity contribution < 1.29 is 0 Å². The van der Waals surface area contributed by atoms with Crippen LogP contribution in [0, 0.1) is 0 Å². The normalized spacial score (nSPS) is 15.2. The summed E-state index contributed by atoms with van der Waals surface area (Å²) in [6.07, 6.45) is 0. The predicted molar refractivity (Wildman–Crippen MR) is 166 cm³/mol. The molecular weight excluding hydrogens is 529 g/mol. The second kappa shape index (κ2) is 10.8. The Kier molecular flexibility index (Phi) is 12.3. The van der Waals surface area contributed by atoms with Crippen molar-refractivity contribution in [3.8, 4) is 0 Å². The van der Waals surface area contributed by atoms with Crippen molar-refractivity contribution in [1.82, 2.24) is 0 Å². The molecule has 184 valence electrons. The van der Waals surface area contributed by atoms with Gasteiger partial charge in [-0.25, -0.2) is 0 Å². The molecule has 0 amide bonds. The Morgan fingerprint density at radius 1 is 0.484 bits per heavy atom. The van der Waals surface area contributed by atoms with Gasteiger partial charge in [-0.2, -0.15) is 0 Å². The fraction of sp³-hybridized carbons (Fsp3) is 1.00. The maximum absolute atomic E-state index is 2.80. The first-order valence-corrected chi connectivity index (χ1v) is 33.9. The molecule has 0 unspecified atom stereocenters. The quantitative estimate of drug-likeness (QED) is 0.287. The molecule has 0 aliphatic heterocycles. The molecular formula is C24H60GeSi6. The van der Waals surface area contributed by atoms with Gasteiger partial charge in [-0.3, -0.25) is 0 Å². The molecule has 4 radical (unpaired) electrons. The van der Waals surface area contributed by atoms with Crippen molar-refractivity contribution in [3.63, 3.8) is 0 Å². The Hall–Kier alpha value is 1.84. The van der Waals surface area contributed by atoms with Crippen LogP contribution in [0.25, 0.3) is 0 Å². The fourth-order valence-corrected chi connectivity index (χ4v) is 150. The Bertz CT molecular complexity index is 568. The zero-order valence-corrected chi connectivity index (χ0v) is 33.6. The maximum Gasteiger partial charge on any atom is 0.0470 e. The minimum absolute atomic E-state index is 0.0502. The molecule has 0 rings (SSSR count). The van der Waals surface area contributed by atoms with Crippen molar-refractivity contribution in [2.24, 2.45) is 0 Å². The van der Waals surface area contributed by atoms with Crippen LogP contribution in [0.2, 0.25) is 72.5 Å². The monoisotopic (exact) mass is 590 g/mol. The fourth-order valence-electron chi connectivity index (χ4n) is 2.84. The Balaban J connectivity index is 0. The molecule has 0 bridgehead atoms. The van der Waals surface area contributed by atoms with Crippen LogP contribution >= 0.6 is 0 Å². The molecule has 0 atom stereocenters. The van der Waals surface area contributed by atoms with Crippen LogP contribution < -0.4 is 0 Å². The van der Waals surface area contributed by atoms with Crippen LogP contribution in [0.3, 0.4) is 0 Å². The van der Waals surface area contributed by atoms with E-state index in [-0.39, 0.29) is 22.0 Å². The molecule has 0 spiro atoms. The van der Waals surface area contributed by atoms with E-state index in [1.165, 1.54) is 0 Å². The van der Waals surface area contributed by atoms with Crippen molar-refractivity contribution in [2.75, 3.05) is 0 Å². The largest absolute Gasteiger partial charge is 0.0709 e.